The molecule has 0 fully saturated rings. The lowest BCUT2D eigenvalue weighted by atomic mass is 10.2. The monoisotopic (exact) mass is 206 g/mol. The molecular weight excluding hydrogens is 203 g/mol. The Morgan fingerprint density at radius 3 is 2.86 bits per heavy atom. The van der Waals surface area contributed by atoms with Gasteiger partial charge in [0, 0.05) is 11.5 Å². The zero-order valence-corrected chi connectivity index (χ0v) is 7.72. The van der Waals surface area contributed by atoms with Gasteiger partial charge in [-0.15, -0.1) is 0 Å². The largest absolute Gasteiger partial charge is 0.237 e. The van der Waals surface area contributed by atoms with Crippen LogP contribution < -0.4 is 0 Å². The first-order chi connectivity index (χ1) is 6.70. The van der Waals surface area contributed by atoms with Crippen molar-refractivity contribution in [2.45, 2.75) is 0 Å². The maximum atomic E-state index is 13.0. The molecule has 4 heteroatoms. The first-order valence-electron chi connectivity index (χ1n) is 3.86. The third kappa shape index (κ3) is 1.40. The van der Waals surface area contributed by atoms with E-state index in [4.69, 9.17) is 16.9 Å². The molecule has 0 saturated carbocycles. The second-order valence-corrected chi connectivity index (χ2v) is 3.17. The Kier molecular flexibility index (Phi) is 2.06. The summed E-state index contributed by atoms with van der Waals surface area (Å²) in [6.45, 7) is 0. The average Bonchev–Trinajstić information content (AvgIpc) is 2.19. The van der Waals surface area contributed by atoms with Crippen LogP contribution in [0, 0.1) is 17.1 Å². The smallest absolute Gasteiger partial charge is 0.143 e. The van der Waals surface area contributed by atoms with Crippen molar-refractivity contribution >= 4 is 22.5 Å². The molecule has 68 valence electrons. The van der Waals surface area contributed by atoms with E-state index in [0.29, 0.717) is 5.52 Å². The van der Waals surface area contributed by atoms with E-state index >= 15 is 0 Å². The molecule has 14 heavy (non-hydrogen) atoms. The lowest BCUT2D eigenvalue weighted by Gasteiger charge is -1.99. The van der Waals surface area contributed by atoms with Gasteiger partial charge in [0.05, 0.1) is 10.5 Å². The zero-order chi connectivity index (χ0) is 10.1. The van der Waals surface area contributed by atoms with Gasteiger partial charge in [-0.2, -0.15) is 5.26 Å². The number of fused-ring (bicyclic) bond motifs is 1. The van der Waals surface area contributed by atoms with Crippen LogP contribution in [0.3, 0.4) is 0 Å². The second kappa shape index (κ2) is 3.24. The minimum absolute atomic E-state index is 0.0593. The highest BCUT2D eigenvalue weighted by Gasteiger charge is 2.03. The minimum atomic E-state index is -0.526. The summed E-state index contributed by atoms with van der Waals surface area (Å²) in [5, 5.41) is 9.37. The van der Waals surface area contributed by atoms with Gasteiger partial charge in [-0.25, -0.2) is 9.37 Å². The molecule has 0 spiro atoms. The second-order valence-electron chi connectivity index (χ2n) is 2.77. The number of rotatable bonds is 0. The van der Waals surface area contributed by atoms with E-state index < -0.39 is 5.82 Å². The minimum Gasteiger partial charge on any atom is -0.237 e. The summed E-state index contributed by atoms with van der Waals surface area (Å²) < 4.78 is 13.0. The molecule has 1 heterocycles. The fourth-order valence-corrected chi connectivity index (χ4v) is 1.35. The third-order valence-electron chi connectivity index (χ3n) is 1.85. The number of aromatic nitrogens is 1. The van der Waals surface area contributed by atoms with Crippen molar-refractivity contribution in [1.29, 1.82) is 5.26 Å². The Morgan fingerprint density at radius 2 is 2.14 bits per heavy atom. The van der Waals surface area contributed by atoms with Crippen molar-refractivity contribution < 1.29 is 4.39 Å². The first-order valence-corrected chi connectivity index (χ1v) is 4.24. The molecule has 0 amide bonds. The molecule has 1 aromatic heterocycles. The van der Waals surface area contributed by atoms with Gasteiger partial charge in [0.25, 0.3) is 0 Å². The predicted octanol–water partition coefficient (Wildman–Crippen LogP) is 2.90. The van der Waals surface area contributed by atoms with E-state index in [-0.39, 0.29) is 10.7 Å². The number of hydrogen-bond donors (Lipinski definition) is 0. The van der Waals surface area contributed by atoms with Gasteiger partial charge >= 0.3 is 0 Å². The summed E-state index contributed by atoms with van der Waals surface area (Å²) in [7, 11) is 0. The Labute approximate surface area is 84.6 Å². The summed E-state index contributed by atoms with van der Waals surface area (Å²) in [6, 6.07) is 7.85. The highest BCUT2D eigenvalue weighted by molar-refractivity contribution is 6.31. The van der Waals surface area contributed by atoms with Gasteiger partial charge < -0.3 is 0 Å². The van der Waals surface area contributed by atoms with E-state index in [1.807, 2.05) is 6.07 Å². The molecule has 0 bridgehead atoms. The summed E-state index contributed by atoms with van der Waals surface area (Å²) in [4.78, 5) is 3.94. The van der Waals surface area contributed by atoms with Crippen LogP contribution in [-0.4, -0.2) is 4.98 Å². The summed E-state index contributed by atoms with van der Waals surface area (Å²) in [6.07, 6.45) is 0. The molecule has 2 aromatic rings. The Hall–Kier alpha value is -1.66. The number of pyridine rings is 1. The standard InChI is InChI=1S/C10H4ClFN2/c11-8-3-6-1-2-7(5-13)14-10(6)4-9(8)12/h1-4H. The van der Waals surface area contributed by atoms with Crippen LogP contribution in [0.25, 0.3) is 10.9 Å². The van der Waals surface area contributed by atoms with Crippen LogP contribution >= 0.6 is 11.6 Å². The molecule has 1 aromatic carbocycles. The molecule has 0 saturated heterocycles. The predicted molar refractivity (Wildman–Crippen MR) is 51.4 cm³/mol. The molecule has 0 aliphatic heterocycles. The molecule has 2 rings (SSSR count). The molecular formula is C10H4ClFN2. The molecule has 2 nitrogen and oxygen atoms in total. The Bertz CT molecular complexity index is 546. The number of nitrogens with zero attached hydrogens (tertiary/aromatic N) is 2. The number of hydrogen-bond acceptors (Lipinski definition) is 2. The van der Waals surface area contributed by atoms with Gasteiger partial charge in [0.15, 0.2) is 0 Å². The van der Waals surface area contributed by atoms with Crippen LogP contribution in [0.15, 0.2) is 24.3 Å². The van der Waals surface area contributed by atoms with Crippen molar-refractivity contribution in [3.8, 4) is 6.07 Å². The maximum Gasteiger partial charge on any atom is 0.143 e. The molecule has 0 N–H and O–H groups in total. The Morgan fingerprint density at radius 1 is 1.36 bits per heavy atom. The lowest BCUT2D eigenvalue weighted by Crippen LogP contribution is -1.86. The molecule has 0 unspecified atom stereocenters. The number of halogens is 2. The van der Waals surface area contributed by atoms with Crippen LogP contribution in [0.5, 0.6) is 0 Å². The van der Waals surface area contributed by atoms with Gasteiger partial charge in [0.2, 0.25) is 0 Å². The average molecular weight is 207 g/mol. The molecule has 0 atom stereocenters. The fourth-order valence-electron chi connectivity index (χ4n) is 1.18. The highest BCUT2D eigenvalue weighted by atomic mass is 35.5. The van der Waals surface area contributed by atoms with Crippen molar-refractivity contribution in [3.05, 3.63) is 40.8 Å². The highest BCUT2D eigenvalue weighted by Crippen LogP contribution is 2.21. The SMILES string of the molecule is N#Cc1ccc2cc(Cl)c(F)cc2n1. The van der Waals surface area contributed by atoms with Gasteiger partial charge in [-0.1, -0.05) is 11.6 Å². The first kappa shape index (κ1) is 8.92. The maximum absolute atomic E-state index is 13.0. The molecule has 0 radical (unpaired) electrons. The Balaban J connectivity index is 2.78. The van der Waals surface area contributed by atoms with Gasteiger partial charge in [-0.05, 0) is 18.2 Å². The van der Waals surface area contributed by atoms with Crippen LogP contribution in [-0.2, 0) is 0 Å². The summed E-state index contributed by atoms with van der Waals surface area (Å²) >= 11 is 5.59. The van der Waals surface area contributed by atoms with E-state index in [2.05, 4.69) is 4.98 Å². The van der Waals surface area contributed by atoms with Crippen LogP contribution in [0.4, 0.5) is 4.39 Å². The van der Waals surface area contributed by atoms with E-state index in [0.717, 1.165) is 5.39 Å². The summed E-state index contributed by atoms with van der Waals surface area (Å²) in [5.74, 6) is -0.526. The quantitative estimate of drug-likeness (QED) is 0.665. The van der Waals surface area contributed by atoms with Gasteiger partial charge in [-0.3, -0.25) is 0 Å². The molecule has 0 aliphatic carbocycles. The number of benzene rings is 1. The lowest BCUT2D eigenvalue weighted by molar-refractivity contribution is 0.630. The third-order valence-corrected chi connectivity index (χ3v) is 2.14. The zero-order valence-electron chi connectivity index (χ0n) is 6.96. The summed E-state index contributed by atoms with van der Waals surface area (Å²) in [5.41, 5.74) is 0.699. The van der Waals surface area contributed by atoms with Crippen molar-refractivity contribution in [2.24, 2.45) is 0 Å². The molecule has 0 aliphatic rings. The fraction of sp³-hybridized carbons (Fsp3) is 0. The van der Waals surface area contributed by atoms with Crippen LogP contribution in [0.1, 0.15) is 5.69 Å². The normalized spacial score (nSPS) is 10.1. The van der Waals surface area contributed by atoms with Crippen molar-refractivity contribution in [1.82, 2.24) is 4.98 Å². The van der Waals surface area contributed by atoms with E-state index in [9.17, 15) is 4.39 Å². The number of nitriles is 1. The topological polar surface area (TPSA) is 36.7 Å². The van der Waals surface area contributed by atoms with Crippen LogP contribution in [0.2, 0.25) is 5.02 Å². The van der Waals surface area contributed by atoms with Crippen molar-refractivity contribution in [2.75, 3.05) is 0 Å². The van der Waals surface area contributed by atoms with Crippen molar-refractivity contribution in [3.63, 3.8) is 0 Å². The van der Waals surface area contributed by atoms with E-state index in [1.54, 1.807) is 12.1 Å². The van der Waals surface area contributed by atoms with Gasteiger partial charge in [0.1, 0.15) is 17.6 Å². The van der Waals surface area contributed by atoms with E-state index in [1.165, 1.54) is 12.1 Å².